The quantitative estimate of drug-likeness (QED) is 0.882. The van der Waals surface area contributed by atoms with Gasteiger partial charge in [-0.05, 0) is 19.3 Å². The van der Waals surface area contributed by atoms with Gasteiger partial charge in [-0.1, -0.05) is 13.3 Å². The Morgan fingerprint density at radius 1 is 1.50 bits per heavy atom. The van der Waals surface area contributed by atoms with Crippen LogP contribution in [0, 0.1) is 0 Å². The zero-order chi connectivity index (χ0) is 14.6. The molecule has 1 aliphatic rings. The first-order chi connectivity index (χ1) is 9.53. The molecule has 0 radical (unpaired) electrons. The highest BCUT2D eigenvalue weighted by atomic mass is 32.2. The number of aromatic nitrogens is 2. The summed E-state index contributed by atoms with van der Waals surface area (Å²) in [6.07, 6.45) is 4.61. The van der Waals surface area contributed by atoms with Crippen LogP contribution in [-0.4, -0.2) is 41.5 Å². The molecule has 0 aromatic carbocycles. The van der Waals surface area contributed by atoms with Crippen molar-refractivity contribution in [3.63, 3.8) is 0 Å². The van der Waals surface area contributed by atoms with Gasteiger partial charge in [0.15, 0.2) is 0 Å². The number of H-pyrrole nitrogens is 1. The zero-order valence-corrected chi connectivity index (χ0v) is 12.5. The second-order valence-electron chi connectivity index (χ2n) is 5.20. The first kappa shape index (κ1) is 15.2. The first-order valence-electron chi connectivity index (χ1n) is 7.05. The van der Waals surface area contributed by atoms with E-state index in [9.17, 15) is 13.2 Å². The molecule has 1 aromatic rings. The van der Waals surface area contributed by atoms with Crippen molar-refractivity contribution in [1.29, 1.82) is 0 Å². The average molecular weight is 299 g/mol. The van der Waals surface area contributed by atoms with Gasteiger partial charge in [-0.2, -0.15) is 0 Å². The van der Waals surface area contributed by atoms with E-state index in [-0.39, 0.29) is 17.2 Å². The molecular weight excluding hydrogens is 278 g/mol. The number of aromatic amines is 1. The molecule has 0 unspecified atom stereocenters. The van der Waals surface area contributed by atoms with Gasteiger partial charge in [0.25, 0.3) is 5.56 Å². The zero-order valence-electron chi connectivity index (χ0n) is 11.7. The largest absolute Gasteiger partial charge is 0.313 e. The number of hydrogen-bond donors (Lipinski definition) is 1. The van der Waals surface area contributed by atoms with E-state index in [4.69, 9.17) is 0 Å². The minimum atomic E-state index is -3.18. The molecule has 1 atom stereocenters. The van der Waals surface area contributed by atoms with Crippen molar-refractivity contribution in [3.05, 3.63) is 28.4 Å². The standard InChI is InChI=1S/C13H21N3O3S/c1-2-3-7-20(18,19)16-6-4-5-11(9-16)12-8-13(17)15-10-14-12/h8,10-11H,2-7,9H2,1H3,(H,14,15,17)/t11-/m1/s1. The lowest BCUT2D eigenvalue weighted by molar-refractivity contribution is 0.312. The molecule has 0 aliphatic carbocycles. The van der Waals surface area contributed by atoms with Gasteiger partial charge < -0.3 is 4.98 Å². The lowest BCUT2D eigenvalue weighted by atomic mass is 9.96. The second-order valence-corrected chi connectivity index (χ2v) is 7.29. The highest BCUT2D eigenvalue weighted by Crippen LogP contribution is 2.26. The van der Waals surface area contributed by atoms with Gasteiger partial charge >= 0.3 is 0 Å². The number of piperidine rings is 1. The number of nitrogens with one attached hydrogen (secondary N) is 1. The molecule has 1 fully saturated rings. The van der Waals surface area contributed by atoms with Crippen LogP contribution < -0.4 is 5.56 Å². The van der Waals surface area contributed by atoms with Crippen LogP contribution in [0.5, 0.6) is 0 Å². The molecule has 6 nitrogen and oxygen atoms in total. The fraction of sp³-hybridized carbons (Fsp3) is 0.692. The molecule has 0 saturated carbocycles. The predicted molar refractivity (Wildman–Crippen MR) is 77.1 cm³/mol. The topological polar surface area (TPSA) is 83.1 Å². The molecule has 1 saturated heterocycles. The summed E-state index contributed by atoms with van der Waals surface area (Å²) in [6, 6.07) is 1.47. The SMILES string of the molecule is CCCCS(=O)(=O)N1CCC[C@@H](c2cc(=O)[nH]cn2)C1. The van der Waals surface area contributed by atoms with Gasteiger partial charge in [-0.3, -0.25) is 4.79 Å². The lowest BCUT2D eigenvalue weighted by Gasteiger charge is -2.31. The van der Waals surface area contributed by atoms with E-state index in [0.29, 0.717) is 25.2 Å². The van der Waals surface area contributed by atoms with Crippen LogP contribution in [0.3, 0.4) is 0 Å². The highest BCUT2D eigenvalue weighted by Gasteiger charge is 2.29. The van der Waals surface area contributed by atoms with Gasteiger partial charge in [0.1, 0.15) is 0 Å². The van der Waals surface area contributed by atoms with E-state index >= 15 is 0 Å². The first-order valence-corrected chi connectivity index (χ1v) is 8.66. The Labute approximate surface area is 119 Å². The maximum Gasteiger partial charge on any atom is 0.250 e. The summed E-state index contributed by atoms with van der Waals surface area (Å²) in [5, 5.41) is 0. The number of sulfonamides is 1. The van der Waals surface area contributed by atoms with Crippen molar-refractivity contribution in [1.82, 2.24) is 14.3 Å². The van der Waals surface area contributed by atoms with Gasteiger partial charge in [-0.15, -0.1) is 0 Å². The van der Waals surface area contributed by atoms with Crippen LogP contribution in [0.2, 0.25) is 0 Å². The fourth-order valence-electron chi connectivity index (χ4n) is 2.50. The minimum Gasteiger partial charge on any atom is -0.313 e. The van der Waals surface area contributed by atoms with Gasteiger partial charge in [0, 0.05) is 25.1 Å². The number of hydrogen-bond acceptors (Lipinski definition) is 4. The summed E-state index contributed by atoms with van der Waals surface area (Å²) >= 11 is 0. The van der Waals surface area contributed by atoms with E-state index in [0.717, 1.165) is 19.3 Å². The number of unbranched alkanes of at least 4 members (excludes halogenated alkanes) is 1. The van der Waals surface area contributed by atoms with E-state index in [1.54, 1.807) is 4.31 Å². The van der Waals surface area contributed by atoms with Crippen molar-refractivity contribution >= 4 is 10.0 Å². The molecule has 112 valence electrons. The van der Waals surface area contributed by atoms with E-state index in [1.165, 1.54) is 12.4 Å². The van der Waals surface area contributed by atoms with Crippen molar-refractivity contribution in [2.75, 3.05) is 18.8 Å². The van der Waals surface area contributed by atoms with Crippen LogP contribution in [0.25, 0.3) is 0 Å². The van der Waals surface area contributed by atoms with Crippen LogP contribution in [0.4, 0.5) is 0 Å². The highest BCUT2D eigenvalue weighted by molar-refractivity contribution is 7.89. The molecule has 2 heterocycles. The Morgan fingerprint density at radius 2 is 2.30 bits per heavy atom. The minimum absolute atomic E-state index is 0.0162. The van der Waals surface area contributed by atoms with Crippen LogP contribution in [0.15, 0.2) is 17.2 Å². The smallest absolute Gasteiger partial charge is 0.250 e. The summed E-state index contributed by atoms with van der Waals surface area (Å²) in [5.74, 6) is 0.224. The average Bonchev–Trinajstić information content (AvgIpc) is 2.45. The molecular formula is C13H21N3O3S. The van der Waals surface area contributed by atoms with Crippen LogP contribution in [-0.2, 0) is 10.0 Å². The monoisotopic (exact) mass is 299 g/mol. The van der Waals surface area contributed by atoms with Crippen LogP contribution >= 0.6 is 0 Å². The van der Waals surface area contributed by atoms with E-state index < -0.39 is 10.0 Å². The molecule has 0 amide bonds. The molecule has 1 N–H and O–H groups in total. The van der Waals surface area contributed by atoms with Gasteiger partial charge in [0.2, 0.25) is 10.0 Å². The van der Waals surface area contributed by atoms with Crippen molar-refractivity contribution < 1.29 is 8.42 Å². The summed E-state index contributed by atoms with van der Waals surface area (Å²) in [7, 11) is -3.18. The third-order valence-corrected chi connectivity index (χ3v) is 5.57. The molecule has 2 rings (SSSR count). The Bertz CT molecular complexity index is 597. The van der Waals surface area contributed by atoms with Gasteiger partial charge in [-0.25, -0.2) is 17.7 Å². The lowest BCUT2D eigenvalue weighted by Crippen LogP contribution is -2.40. The molecule has 1 aliphatic heterocycles. The maximum atomic E-state index is 12.2. The Hall–Kier alpha value is -1.21. The Kier molecular flexibility index (Phi) is 4.93. The van der Waals surface area contributed by atoms with Crippen LogP contribution in [0.1, 0.15) is 44.2 Å². The van der Waals surface area contributed by atoms with E-state index in [1.807, 2.05) is 6.92 Å². The van der Waals surface area contributed by atoms with Crippen molar-refractivity contribution in [2.24, 2.45) is 0 Å². The Morgan fingerprint density at radius 3 is 3.00 bits per heavy atom. The summed E-state index contributed by atoms with van der Waals surface area (Å²) in [6.45, 7) is 2.99. The van der Waals surface area contributed by atoms with Gasteiger partial charge in [0.05, 0.1) is 17.8 Å². The molecule has 7 heteroatoms. The molecule has 20 heavy (non-hydrogen) atoms. The summed E-state index contributed by atoms with van der Waals surface area (Å²) in [5.41, 5.74) is 0.491. The number of nitrogens with zero attached hydrogens (tertiary/aromatic N) is 2. The number of rotatable bonds is 5. The van der Waals surface area contributed by atoms with Crippen molar-refractivity contribution in [3.8, 4) is 0 Å². The molecule has 0 bridgehead atoms. The summed E-state index contributed by atoms with van der Waals surface area (Å²) < 4.78 is 26.0. The van der Waals surface area contributed by atoms with Crippen molar-refractivity contribution in [2.45, 2.75) is 38.5 Å². The fourth-order valence-corrected chi connectivity index (χ4v) is 4.23. The third-order valence-electron chi connectivity index (χ3n) is 3.65. The van der Waals surface area contributed by atoms with E-state index in [2.05, 4.69) is 9.97 Å². The molecule has 0 spiro atoms. The predicted octanol–water partition coefficient (Wildman–Crippen LogP) is 1.08. The maximum absolute atomic E-state index is 12.2. The Balaban J connectivity index is 2.11. The summed E-state index contributed by atoms with van der Waals surface area (Å²) in [4.78, 5) is 18.0. The third kappa shape index (κ3) is 3.67. The molecule has 1 aromatic heterocycles. The second kappa shape index (κ2) is 6.49. The normalized spacial score (nSPS) is 20.9.